The summed E-state index contributed by atoms with van der Waals surface area (Å²) in [6.45, 7) is 3.67. The van der Waals surface area contributed by atoms with Crippen molar-refractivity contribution < 1.29 is 9.47 Å². The Morgan fingerprint density at radius 2 is 2.12 bits per heavy atom. The van der Waals surface area contributed by atoms with E-state index in [2.05, 4.69) is 24.4 Å². The van der Waals surface area contributed by atoms with Gasteiger partial charge < -0.3 is 14.8 Å². The van der Waals surface area contributed by atoms with Gasteiger partial charge in [-0.2, -0.15) is 0 Å². The molecule has 1 atom stereocenters. The van der Waals surface area contributed by atoms with Gasteiger partial charge in [0.15, 0.2) is 11.5 Å². The van der Waals surface area contributed by atoms with Crippen LogP contribution in [0.15, 0.2) is 12.1 Å². The maximum absolute atomic E-state index is 5.42. The summed E-state index contributed by atoms with van der Waals surface area (Å²) in [4.78, 5) is 0. The van der Waals surface area contributed by atoms with Gasteiger partial charge in [0.2, 0.25) is 6.79 Å². The van der Waals surface area contributed by atoms with Gasteiger partial charge in [-0.05, 0) is 56.0 Å². The van der Waals surface area contributed by atoms with Crippen molar-refractivity contribution in [2.24, 2.45) is 0 Å². The SMILES string of the molecule is Cc1cc2c(cc1CC1CCCN1)OCO2. The zero-order valence-electron chi connectivity index (χ0n) is 9.58. The molecule has 1 aromatic rings. The highest BCUT2D eigenvalue weighted by molar-refractivity contribution is 5.48. The van der Waals surface area contributed by atoms with Crippen LogP contribution in [-0.4, -0.2) is 19.4 Å². The van der Waals surface area contributed by atoms with Gasteiger partial charge in [-0.15, -0.1) is 0 Å². The standard InChI is InChI=1S/C13H17NO2/c1-9-5-12-13(16-8-15-12)7-10(9)6-11-3-2-4-14-11/h5,7,11,14H,2-4,6,8H2,1H3. The molecule has 1 unspecified atom stereocenters. The molecule has 0 amide bonds. The van der Waals surface area contributed by atoms with Crippen molar-refractivity contribution in [3.8, 4) is 11.5 Å². The fourth-order valence-electron chi connectivity index (χ4n) is 2.50. The highest BCUT2D eigenvalue weighted by Crippen LogP contribution is 2.35. The summed E-state index contributed by atoms with van der Waals surface area (Å²) in [7, 11) is 0. The number of hydrogen-bond donors (Lipinski definition) is 1. The maximum Gasteiger partial charge on any atom is 0.231 e. The van der Waals surface area contributed by atoms with Crippen molar-refractivity contribution in [3.05, 3.63) is 23.3 Å². The zero-order valence-corrected chi connectivity index (χ0v) is 9.58. The maximum atomic E-state index is 5.42. The Morgan fingerprint density at radius 3 is 2.88 bits per heavy atom. The molecule has 1 aromatic carbocycles. The van der Waals surface area contributed by atoms with Gasteiger partial charge in [0.25, 0.3) is 0 Å². The first kappa shape index (κ1) is 9.97. The molecule has 1 N–H and O–H groups in total. The number of hydrogen-bond acceptors (Lipinski definition) is 3. The number of aryl methyl sites for hydroxylation is 1. The van der Waals surface area contributed by atoms with Gasteiger partial charge in [0, 0.05) is 6.04 Å². The number of ether oxygens (including phenoxy) is 2. The third kappa shape index (κ3) is 1.76. The van der Waals surface area contributed by atoms with Gasteiger partial charge in [-0.3, -0.25) is 0 Å². The molecule has 3 rings (SSSR count). The molecule has 0 bridgehead atoms. The topological polar surface area (TPSA) is 30.5 Å². The largest absolute Gasteiger partial charge is 0.454 e. The van der Waals surface area contributed by atoms with Crippen LogP contribution in [0.3, 0.4) is 0 Å². The van der Waals surface area contributed by atoms with Crippen LogP contribution in [0, 0.1) is 6.92 Å². The minimum absolute atomic E-state index is 0.361. The molecule has 0 saturated carbocycles. The molecular weight excluding hydrogens is 202 g/mol. The van der Waals surface area contributed by atoms with E-state index >= 15 is 0 Å². The molecule has 1 fully saturated rings. The molecule has 0 aliphatic carbocycles. The smallest absolute Gasteiger partial charge is 0.231 e. The predicted octanol–water partition coefficient (Wildman–Crippen LogP) is 2.02. The van der Waals surface area contributed by atoms with Crippen molar-refractivity contribution in [1.29, 1.82) is 0 Å². The fourth-order valence-corrected chi connectivity index (χ4v) is 2.50. The van der Waals surface area contributed by atoms with Crippen LogP contribution in [0.1, 0.15) is 24.0 Å². The van der Waals surface area contributed by atoms with E-state index in [9.17, 15) is 0 Å². The van der Waals surface area contributed by atoms with Crippen molar-refractivity contribution in [2.75, 3.05) is 13.3 Å². The Morgan fingerprint density at radius 1 is 1.31 bits per heavy atom. The second-order valence-electron chi connectivity index (χ2n) is 4.63. The lowest BCUT2D eigenvalue weighted by molar-refractivity contribution is 0.174. The summed E-state index contributed by atoms with van der Waals surface area (Å²) in [6, 6.07) is 4.86. The summed E-state index contributed by atoms with van der Waals surface area (Å²) < 4.78 is 10.8. The van der Waals surface area contributed by atoms with Crippen LogP contribution in [0.5, 0.6) is 11.5 Å². The summed E-state index contributed by atoms with van der Waals surface area (Å²) >= 11 is 0. The van der Waals surface area contributed by atoms with Crippen LogP contribution in [0.2, 0.25) is 0 Å². The van der Waals surface area contributed by atoms with Crippen LogP contribution in [-0.2, 0) is 6.42 Å². The average Bonchev–Trinajstić information content (AvgIpc) is 2.89. The molecule has 2 aliphatic rings. The molecule has 3 heteroatoms. The lowest BCUT2D eigenvalue weighted by Crippen LogP contribution is -2.23. The minimum Gasteiger partial charge on any atom is -0.454 e. The van der Waals surface area contributed by atoms with E-state index in [1.54, 1.807) is 0 Å². The predicted molar refractivity (Wildman–Crippen MR) is 62.0 cm³/mol. The lowest BCUT2D eigenvalue weighted by Gasteiger charge is -2.13. The van der Waals surface area contributed by atoms with Gasteiger partial charge >= 0.3 is 0 Å². The van der Waals surface area contributed by atoms with E-state index in [0.29, 0.717) is 12.8 Å². The molecule has 0 radical (unpaired) electrons. The van der Waals surface area contributed by atoms with Crippen molar-refractivity contribution in [2.45, 2.75) is 32.2 Å². The number of benzene rings is 1. The average molecular weight is 219 g/mol. The van der Waals surface area contributed by atoms with Crippen molar-refractivity contribution in [1.82, 2.24) is 5.32 Å². The fraction of sp³-hybridized carbons (Fsp3) is 0.538. The van der Waals surface area contributed by atoms with Crippen LogP contribution in [0.25, 0.3) is 0 Å². The molecule has 1 saturated heterocycles. The first-order valence-corrected chi connectivity index (χ1v) is 5.95. The van der Waals surface area contributed by atoms with E-state index in [0.717, 1.165) is 24.5 Å². The van der Waals surface area contributed by atoms with Crippen molar-refractivity contribution >= 4 is 0 Å². The van der Waals surface area contributed by atoms with Gasteiger partial charge in [-0.1, -0.05) is 0 Å². The summed E-state index contributed by atoms with van der Waals surface area (Å²) in [5.41, 5.74) is 2.68. The third-order valence-corrected chi connectivity index (χ3v) is 3.46. The molecule has 86 valence electrons. The molecule has 0 spiro atoms. The molecule has 2 heterocycles. The summed E-state index contributed by atoms with van der Waals surface area (Å²) in [6.07, 6.45) is 3.69. The Bertz CT molecular complexity index is 397. The molecule has 2 aliphatic heterocycles. The minimum atomic E-state index is 0.361. The Kier molecular flexibility index (Phi) is 2.48. The second kappa shape index (κ2) is 3.98. The summed E-state index contributed by atoms with van der Waals surface area (Å²) in [5, 5.41) is 3.53. The third-order valence-electron chi connectivity index (χ3n) is 3.46. The number of fused-ring (bicyclic) bond motifs is 1. The summed E-state index contributed by atoms with van der Waals surface area (Å²) in [5.74, 6) is 1.79. The van der Waals surface area contributed by atoms with E-state index in [4.69, 9.17) is 9.47 Å². The number of nitrogens with one attached hydrogen (secondary N) is 1. The van der Waals surface area contributed by atoms with E-state index < -0.39 is 0 Å². The lowest BCUT2D eigenvalue weighted by atomic mass is 9.99. The van der Waals surface area contributed by atoms with Gasteiger partial charge in [0.05, 0.1) is 0 Å². The zero-order chi connectivity index (χ0) is 11.0. The molecule has 0 aromatic heterocycles. The second-order valence-corrected chi connectivity index (χ2v) is 4.63. The van der Waals surface area contributed by atoms with E-state index in [1.165, 1.54) is 24.0 Å². The van der Waals surface area contributed by atoms with Gasteiger partial charge in [-0.25, -0.2) is 0 Å². The van der Waals surface area contributed by atoms with E-state index in [-0.39, 0.29) is 0 Å². The molecule has 3 nitrogen and oxygen atoms in total. The monoisotopic (exact) mass is 219 g/mol. The number of rotatable bonds is 2. The molecule has 16 heavy (non-hydrogen) atoms. The Hall–Kier alpha value is -1.22. The Labute approximate surface area is 95.8 Å². The highest BCUT2D eigenvalue weighted by Gasteiger charge is 2.19. The highest BCUT2D eigenvalue weighted by atomic mass is 16.7. The van der Waals surface area contributed by atoms with Crippen molar-refractivity contribution in [3.63, 3.8) is 0 Å². The molecular formula is C13H17NO2. The van der Waals surface area contributed by atoms with Crippen LogP contribution in [0.4, 0.5) is 0 Å². The van der Waals surface area contributed by atoms with Crippen LogP contribution >= 0.6 is 0 Å². The van der Waals surface area contributed by atoms with Crippen LogP contribution < -0.4 is 14.8 Å². The first-order valence-electron chi connectivity index (χ1n) is 5.95. The Balaban J connectivity index is 1.83. The van der Waals surface area contributed by atoms with E-state index in [1.807, 2.05) is 0 Å². The quantitative estimate of drug-likeness (QED) is 0.825. The first-order chi connectivity index (χ1) is 7.83. The normalized spacial score (nSPS) is 22.7. The van der Waals surface area contributed by atoms with Gasteiger partial charge in [0.1, 0.15) is 0 Å².